The van der Waals surface area contributed by atoms with Crippen LogP contribution >= 0.6 is 0 Å². The van der Waals surface area contributed by atoms with Crippen LogP contribution in [0.4, 0.5) is 4.39 Å². The summed E-state index contributed by atoms with van der Waals surface area (Å²) in [5, 5.41) is 0. The molecular formula is C22H20FNO3. The van der Waals surface area contributed by atoms with Crippen LogP contribution in [0.2, 0.25) is 0 Å². The highest BCUT2D eigenvalue weighted by molar-refractivity contribution is 5.70. The second kappa shape index (κ2) is 9.48. The van der Waals surface area contributed by atoms with Crippen molar-refractivity contribution < 1.29 is 18.7 Å². The van der Waals surface area contributed by atoms with Crippen molar-refractivity contribution in [1.29, 1.82) is 0 Å². The smallest absolute Gasteiger partial charge is 0.306 e. The molecule has 5 heteroatoms. The molecule has 2 aromatic carbocycles. The molecule has 4 nitrogen and oxygen atoms in total. The van der Waals surface area contributed by atoms with E-state index in [1.165, 1.54) is 12.1 Å². The maximum atomic E-state index is 13.6. The van der Waals surface area contributed by atoms with Gasteiger partial charge in [-0.1, -0.05) is 36.4 Å². The Morgan fingerprint density at radius 1 is 1.00 bits per heavy atom. The van der Waals surface area contributed by atoms with Crippen molar-refractivity contribution in [3.8, 4) is 5.75 Å². The van der Waals surface area contributed by atoms with Gasteiger partial charge in [-0.3, -0.25) is 9.78 Å². The third-order valence-corrected chi connectivity index (χ3v) is 3.89. The summed E-state index contributed by atoms with van der Waals surface area (Å²) in [4.78, 5) is 16.5. The summed E-state index contributed by atoms with van der Waals surface area (Å²) in [5.74, 6) is -0.00990. The Labute approximate surface area is 157 Å². The van der Waals surface area contributed by atoms with Gasteiger partial charge in [0.25, 0.3) is 0 Å². The van der Waals surface area contributed by atoms with Gasteiger partial charge in [-0.05, 0) is 42.8 Å². The van der Waals surface area contributed by atoms with E-state index >= 15 is 0 Å². The minimum atomic E-state index is -0.746. The van der Waals surface area contributed by atoms with Crippen molar-refractivity contribution in [2.45, 2.75) is 18.9 Å². The zero-order valence-electron chi connectivity index (χ0n) is 14.8. The van der Waals surface area contributed by atoms with E-state index in [1.807, 2.05) is 30.3 Å². The molecule has 0 bridgehead atoms. The lowest BCUT2D eigenvalue weighted by Crippen LogP contribution is -2.15. The molecule has 3 rings (SSSR count). The Hall–Kier alpha value is -3.21. The monoisotopic (exact) mass is 365 g/mol. The molecule has 0 aliphatic rings. The quantitative estimate of drug-likeness (QED) is 0.428. The fourth-order valence-corrected chi connectivity index (χ4v) is 2.61. The summed E-state index contributed by atoms with van der Waals surface area (Å²) in [7, 11) is 0. The number of carbonyl (C=O) groups excluding carboxylic acids is 1. The first-order valence-electron chi connectivity index (χ1n) is 8.76. The number of benzene rings is 2. The van der Waals surface area contributed by atoms with Crippen molar-refractivity contribution in [1.82, 2.24) is 4.98 Å². The third-order valence-electron chi connectivity index (χ3n) is 3.89. The lowest BCUT2D eigenvalue weighted by atomic mass is 10.1. The molecule has 3 aromatic rings. The summed E-state index contributed by atoms with van der Waals surface area (Å²) in [5.41, 5.74) is 1.10. The van der Waals surface area contributed by atoms with Gasteiger partial charge >= 0.3 is 5.97 Å². The van der Waals surface area contributed by atoms with Gasteiger partial charge in [0.2, 0.25) is 0 Å². The molecule has 1 heterocycles. The molecule has 0 fully saturated rings. The minimum Gasteiger partial charge on any atom is -0.494 e. The molecule has 1 aromatic heterocycles. The standard InChI is InChI=1S/C22H20FNO3/c23-18-9-6-8-17(16-18)22(20-12-4-5-14-24-20)27-21(25)13-7-15-26-19-10-2-1-3-11-19/h1-6,8-12,14,16,22H,7,13,15H2. The largest absolute Gasteiger partial charge is 0.494 e. The third kappa shape index (κ3) is 5.64. The van der Waals surface area contributed by atoms with Crippen LogP contribution in [0.3, 0.4) is 0 Å². The van der Waals surface area contributed by atoms with Crippen LogP contribution in [0, 0.1) is 5.82 Å². The van der Waals surface area contributed by atoms with Gasteiger partial charge in [-0.15, -0.1) is 0 Å². The number of nitrogens with zero attached hydrogens (tertiary/aromatic N) is 1. The molecule has 27 heavy (non-hydrogen) atoms. The first kappa shape index (κ1) is 18.6. The van der Waals surface area contributed by atoms with Gasteiger partial charge in [0.05, 0.1) is 12.3 Å². The number of para-hydroxylation sites is 1. The van der Waals surface area contributed by atoms with Gasteiger partial charge < -0.3 is 9.47 Å². The predicted octanol–water partition coefficient (Wildman–Crippen LogP) is 4.71. The number of pyridine rings is 1. The van der Waals surface area contributed by atoms with Crippen molar-refractivity contribution in [2.24, 2.45) is 0 Å². The van der Waals surface area contributed by atoms with Crippen LogP contribution in [-0.4, -0.2) is 17.6 Å². The summed E-state index contributed by atoms with van der Waals surface area (Å²) >= 11 is 0. The van der Waals surface area contributed by atoms with Crippen LogP contribution in [0.15, 0.2) is 79.0 Å². The SMILES string of the molecule is O=C(CCCOc1ccccc1)OC(c1cccc(F)c1)c1ccccn1. The van der Waals surface area contributed by atoms with E-state index < -0.39 is 6.10 Å². The topological polar surface area (TPSA) is 48.4 Å². The second-order valence-corrected chi connectivity index (χ2v) is 5.94. The van der Waals surface area contributed by atoms with Gasteiger partial charge in [0, 0.05) is 18.2 Å². The van der Waals surface area contributed by atoms with Crippen molar-refractivity contribution >= 4 is 5.97 Å². The second-order valence-electron chi connectivity index (χ2n) is 5.94. The molecule has 138 valence electrons. The fraction of sp³-hybridized carbons (Fsp3) is 0.182. The molecule has 0 spiro atoms. The lowest BCUT2D eigenvalue weighted by molar-refractivity contribution is -0.148. The first-order chi connectivity index (χ1) is 13.2. The van der Waals surface area contributed by atoms with Gasteiger partial charge in [-0.2, -0.15) is 0 Å². The molecular weight excluding hydrogens is 345 g/mol. The van der Waals surface area contributed by atoms with Crippen LogP contribution in [-0.2, 0) is 9.53 Å². The number of halogens is 1. The van der Waals surface area contributed by atoms with E-state index in [1.54, 1.807) is 36.5 Å². The molecule has 1 unspecified atom stereocenters. The number of hydrogen-bond acceptors (Lipinski definition) is 4. The lowest BCUT2D eigenvalue weighted by Gasteiger charge is -2.18. The number of ether oxygens (including phenoxy) is 2. The highest BCUT2D eigenvalue weighted by atomic mass is 19.1. The zero-order valence-corrected chi connectivity index (χ0v) is 14.8. The molecule has 0 amide bonds. The Morgan fingerprint density at radius 3 is 2.56 bits per heavy atom. The Bertz CT molecular complexity index is 856. The Balaban J connectivity index is 1.59. The van der Waals surface area contributed by atoms with Crippen LogP contribution < -0.4 is 4.74 Å². The van der Waals surface area contributed by atoms with E-state index in [0.717, 1.165) is 5.75 Å². The first-order valence-corrected chi connectivity index (χ1v) is 8.76. The zero-order chi connectivity index (χ0) is 18.9. The van der Waals surface area contributed by atoms with Crippen molar-refractivity contribution in [3.05, 3.63) is 96.1 Å². The van der Waals surface area contributed by atoms with Crippen molar-refractivity contribution in [2.75, 3.05) is 6.61 Å². The number of aromatic nitrogens is 1. The van der Waals surface area contributed by atoms with E-state index in [9.17, 15) is 9.18 Å². The van der Waals surface area contributed by atoms with Gasteiger partial charge in [-0.25, -0.2) is 4.39 Å². The van der Waals surface area contributed by atoms with E-state index in [4.69, 9.17) is 9.47 Å². The predicted molar refractivity (Wildman–Crippen MR) is 99.7 cm³/mol. The molecule has 0 saturated carbocycles. The Morgan fingerprint density at radius 2 is 1.81 bits per heavy atom. The average molecular weight is 365 g/mol. The van der Waals surface area contributed by atoms with E-state index in [0.29, 0.717) is 24.3 Å². The molecule has 0 radical (unpaired) electrons. The molecule has 0 aliphatic heterocycles. The normalized spacial score (nSPS) is 11.6. The van der Waals surface area contributed by atoms with Crippen molar-refractivity contribution in [3.63, 3.8) is 0 Å². The maximum Gasteiger partial charge on any atom is 0.306 e. The number of carbonyl (C=O) groups is 1. The summed E-state index contributed by atoms with van der Waals surface area (Å²) in [6, 6.07) is 20.7. The summed E-state index contributed by atoms with van der Waals surface area (Å²) in [6.07, 6.45) is 1.59. The fourth-order valence-electron chi connectivity index (χ4n) is 2.61. The summed E-state index contributed by atoms with van der Waals surface area (Å²) < 4.78 is 24.8. The van der Waals surface area contributed by atoms with E-state index in [-0.39, 0.29) is 18.2 Å². The maximum absolute atomic E-state index is 13.6. The summed E-state index contributed by atoms with van der Waals surface area (Å²) in [6.45, 7) is 0.410. The highest BCUT2D eigenvalue weighted by Crippen LogP contribution is 2.25. The van der Waals surface area contributed by atoms with Crippen LogP contribution in [0.1, 0.15) is 30.2 Å². The molecule has 0 saturated heterocycles. The number of esters is 1. The number of hydrogen-bond donors (Lipinski definition) is 0. The molecule has 0 aliphatic carbocycles. The van der Waals surface area contributed by atoms with Crippen LogP contribution in [0.25, 0.3) is 0 Å². The highest BCUT2D eigenvalue weighted by Gasteiger charge is 2.20. The minimum absolute atomic E-state index is 0.200. The molecule has 0 N–H and O–H groups in total. The average Bonchev–Trinajstić information content (AvgIpc) is 2.71. The van der Waals surface area contributed by atoms with Gasteiger partial charge in [0.15, 0.2) is 6.10 Å². The number of rotatable bonds is 8. The Kier molecular flexibility index (Phi) is 6.52. The van der Waals surface area contributed by atoms with Gasteiger partial charge in [0.1, 0.15) is 11.6 Å². The molecule has 1 atom stereocenters. The van der Waals surface area contributed by atoms with E-state index in [2.05, 4.69) is 4.98 Å². The van der Waals surface area contributed by atoms with Crippen LogP contribution in [0.5, 0.6) is 5.75 Å².